The number of esters is 1. The summed E-state index contributed by atoms with van der Waals surface area (Å²) < 4.78 is 10.6. The highest BCUT2D eigenvalue weighted by Gasteiger charge is 2.45. The van der Waals surface area contributed by atoms with Crippen molar-refractivity contribution in [3.05, 3.63) is 25.3 Å². The minimum Gasteiger partial charge on any atom is -0.468 e. The molecule has 1 aliphatic heterocycles. The van der Waals surface area contributed by atoms with Crippen LogP contribution in [0, 0.1) is 0 Å². The molecule has 1 saturated heterocycles. The minimum absolute atomic E-state index is 0.208. The summed E-state index contributed by atoms with van der Waals surface area (Å²) in [5.74, 6) is -0.208. The average Bonchev–Trinajstić information content (AvgIpc) is 2.64. The average molecular weight is 239 g/mol. The lowest BCUT2D eigenvalue weighted by molar-refractivity contribution is -0.145. The molecule has 4 heteroatoms. The number of likely N-dealkylation sites (tertiary alicyclic amines) is 1. The van der Waals surface area contributed by atoms with Gasteiger partial charge in [0.05, 0.1) is 19.3 Å². The molecule has 0 aromatic heterocycles. The molecule has 0 bridgehead atoms. The van der Waals surface area contributed by atoms with Gasteiger partial charge >= 0.3 is 5.97 Å². The van der Waals surface area contributed by atoms with Gasteiger partial charge in [0.25, 0.3) is 0 Å². The number of methoxy groups -OCH3 is 1. The molecule has 2 unspecified atom stereocenters. The van der Waals surface area contributed by atoms with Crippen molar-refractivity contribution in [3.8, 4) is 0 Å². The zero-order valence-electron chi connectivity index (χ0n) is 10.6. The predicted octanol–water partition coefficient (Wildman–Crippen LogP) is 1.38. The fraction of sp³-hybridized carbons (Fsp3) is 0.615. The van der Waals surface area contributed by atoms with E-state index in [1.165, 1.54) is 7.11 Å². The minimum atomic E-state index is -0.344. The maximum atomic E-state index is 11.6. The van der Waals surface area contributed by atoms with Crippen LogP contribution in [-0.4, -0.2) is 49.8 Å². The number of carbonyl (C=O) groups excluding carboxylic acids is 1. The first kappa shape index (κ1) is 13.9. The second kappa shape index (κ2) is 5.98. The van der Waals surface area contributed by atoms with Gasteiger partial charge in [0, 0.05) is 13.0 Å². The van der Waals surface area contributed by atoms with Crippen molar-refractivity contribution < 1.29 is 14.3 Å². The van der Waals surface area contributed by atoms with E-state index < -0.39 is 0 Å². The van der Waals surface area contributed by atoms with Crippen molar-refractivity contribution in [1.29, 1.82) is 0 Å². The van der Waals surface area contributed by atoms with Crippen LogP contribution in [0.3, 0.4) is 0 Å². The molecular formula is C13H21NO3. The van der Waals surface area contributed by atoms with Crippen molar-refractivity contribution in [2.45, 2.75) is 24.5 Å². The van der Waals surface area contributed by atoms with E-state index in [1.54, 1.807) is 6.08 Å². The summed E-state index contributed by atoms with van der Waals surface area (Å²) in [6, 6.07) is -0.232. The summed E-state index contributed by atoms with van der Waals surface area (Å²) in [7, 11) is 3.32. The van der Waals surface area contributed by atoms with Crippen LogP contribution in [0.4, 0.5) is 0 Å². The van der Waals surface area contributed by atoms with Gasteiger partial charge in [-0.1, -0.05) is 12.2 Å². The highest BCUT2D eigenvalue weighted by molar-refractivity contribution is 5.76. The third-order valence-electron chi connectivity index (χ3n) is 3.13. The van der Waals surface area contributed by atoms with Gasteiger partial charge in [0.2, 0.25) is 0 Å². The Bertz CT molecular complexity index is 303. The van der Waals surface area contributed by atoms with Gasteiger partial charge in [-0.15, -0.1) is 13.2 Å². The van der Waals surface area contributed by atoms with Gasteiger partial charge in [0.1, 0.15) is 6.04 Å². The normalized spacial score (nSPS) is 28.9. The quantitative estimate of drug-likeness (QED) is 0.518. The summed E-state index contributed by atoms with van der Waals surface area (Å²) in [6.07, 6.45) is 4.90. The number of hydrogen-bond donors (Lipinski definition) is 0. The monoisotopic (exact) mass is 239 g/mol. The molecule has 0 amide bonds. The van der Waals surface area contributed by atoms with Crippen molar-refractivity contribution in [2.75, 3.05) is 27.3 Å². The molecule has 4 nitrogen and oxygen atoms in total. The van der Waals surface area contributed by atoms with Gasteiger partial charge in [-0.25, -0.2) is 0 Å². The Labute approximate surface area is 103 Å². The second-order valence-corrected chi connectivity index (χ2v) is 4.43. The van der Waals surface area contributed by atoms with Crippen LogP contribution >= 0.6 is 0 Å². The number of carbonyl (C=O) groups is 1. The fourth-order valence-electron chi connectivity index (χ4n) is 2.35. The third kappa shape index (κ3) is 3.17. The lowest BCUT2D eigenvalue weighted by atomic mass is 9.96. The topological polar surface area (TPSA) is 38.8 Å². The van der Waals surface area contributed by atoms with Crippen molar-refractivity contribution in [3.63, 3.8) is 0 Å². The third-order valence-corrected chi connectivity index (χ3v) is 3.13. The number of ether oxygens (including phenoxy) is 2. The van der Waals surface area contributed by atoms with E-state index in [2.05, 4.69) is 13.2 Å². The first-order valence-corrected chi connectivity index (χ1v) is 5.72. The van der Waals surface area contributed by atoms with E-state index in [1.807, 2.05) is 18.0 Å². The first-order chi connectivity index (χ1) is 8.08. The largest absolute Gasteiger partial charge is 0.468 e. The predicted molar refractivity (Wildman–Crippen MR) is 66.7 cm³/mol. The smallest absolute Gasteiger partial charge is 0.323 e. The molecule has 0 N–H and O–H groups in total. The van der Waals surface area contributed by atoms with Gasteiger partial charge < -0.3 is 9.47 Å². The molecule has 1 heterocycles. The molecule has 1 aliphatic rings. The maximum absolute atomic E-state index is 11.6. The second-order valence-electron chi connectivity index (χ2n) is 4.43. The lowest BCUT2D eigenvalue weighted by Gasteiger charge is -2.27. The molecule has 1 rings (SSSR count). The Morgan fingerprint density at radius 3 is 2.76 bits per heavy atom. The zero-order chi connectivity index (χ0) is 12.9. The van der Waals surface area contributed by atoms with Crippen LogP contribution in [0.2, 0.25) is 0 Å². The zero-order valence-corrected chi connectivity index (χ0v) is 10.6. The number of nitrogens with zero attached hydrogens (tertiary/aromatic N) is 1. The van der Waals surface area contributed by atoms with E-state index in [0.29, 0.717) is 19.6 Å². The summed E-state index contributed by atoms with van der Waals surface area (Å²) >= 11 is 0. The molecule has 0 spiro atoms. The van der Waals surface area contributed by atoms with Gasteiger partial charge in [-0.2, -0.15) is 0 Å². The van der Waals surface area contributed by atoms with Crippen molar-refractivity contribution >= 4 is 5.97 Å². The standard InChI is InChI=1S/C13H21NO3/c1-5-7-13(17-8-6-2)9-11(12(15)16-4)14(3)10-13/h5-6,11H,1-2,7-10H2,3-4H3. The summed E-state index contributed by atoms with van der Waals surface area (Å²) in [6.45, 7) is 8.58. The Kier molecular flexibility index (Phi) is 4.90. The lowest BCUT2D eigenvalue weighted by Crippen LogP contribution is -2.35. The Morgan fingerprint density at radius 2 is 2.24 bits per heavy atom. The van der Waals surface area contributed by atoms with Gasteiger partial charge in [-0.3, -0.25) is 9.69 Å². The van der Waals surface area contributed by atoms with Crippen LogP contribution in [0.15, 0.2) is 25.3 Å². The molecule has 0 radical (unpaired) electrons. The molecule has 0 aromatic carbocycles. The van der Waals surface area contributed by atoms with Crippen LogP contribution in [0.5, 0.6) is 0 Å². The molecule has 2 atom stereocenters. The Hall–Kier alpha value is -1.13. The number of rotatable bonds is 6. The maximum Gasteiger partial charge on any atom is 0.323 e. The van der Waals surface area contributed by atoms with E-state index in [0.717, 1.165) is 6.42 Å². The first-order valence-electron chi connectivity index (χ1n) is 5.72. The van der Waals surface area contributed by atoms with E-state index in [4.69, 9.17) is 9.47 Å². The van der Waals surface area contributed by atoms with Crippen molar-refractivity contribution in [1.82, 2.24) is 4.90 Å². The number of likely N-dealkylation sites (N-methyl/N-ethyl adjacent to an activating group) is 1. The molecule has 96 valence electrons. The molecule has 0 aromatic rings. The van der Waals surface area contributed by atoms with Crippen LogP contribution < -0.4 is 0 Å². The summed E-state index contributed by atoms with van der Waals surface area (Å²) in [5, 5.41) is 0. The van der Waals surface area contributed by atoms with Gasteiger partial charge in [-0.05, 0) is 13.5 Å². The molecule has 17 heavy (non-hydrogen) atoms. The van der Waals surface area contributed by atoms with E-state index >= 15 is 0 Å². The van der Waals surface area contributed by atoms with Crippen molar-refractivity contribution in [2.24, 2.45) is 0 Å². The molecule has 0 aliphatic carbocycles. The SMILES string of the molecule is C=CCOC1(CC=C)CC(C(=O)OC)N(C)C1. The van der Waals surface area contributed by atoms with Crippen LogP contribution in [0.1, 0.15) is 12.8 Å². The van der Waals surface area contributed by atoms with Crippen LogP contribution in [0.25, 0.3) is 0 Å². The van der Waals surface area contributed by atoms with E-state index in [9.17, 15) is 4.79 Å². The van der Waals surface area contributed by atoms with E-state index in [-0.39, 0.29) is 17.6 Å². The Morgan fingerprint density at radius 1 is 1.53 bits per heavy atom. The highest BCUT2D eigenvalue weighted by atomic mass is 16.5. The summed E-state index contributed by atoms with van der Waals surface area (Å²) in [5.41, 5.74) is -0.344. The van der Waals surface area contributed by atoms with Crippen LogP contribution in [-0.2, 0) is 14.3 Å². The molecule has 1 fully saturated rings. The van der Waals surface area contributed by atoms with Gasteiger partial charge in [0.15, 0.2) is 0 Å². The highest BCUT2D eigenvalue weighted by Crippen LogP contribution is 2.33. The summed E-state index contributed by atoms with van der Waals surface area (Å²) in [4.78, 5) is 13.6. The molecule has 0 saturated carbocycles. The number of hydrogen-bond acceptors (Lipinski definition) is 4. The molecular weight excluding hydrogens is 218 g/mol. The Balaban J connectivity index is 2.77. The fourth-order valence-corrected chi connectivity index (χ4v) is 2.35.